The van der Waals surface area contributed by atoms with Gasteiger partial charge in [0, 0.05) is 45.2 Å². The molecule has 0 amide bonds. The fourth-order valence-electron chi connectivity index (χ4n) is 4.29. The zero-order chi connectivity index (χ0) is 20.6. The Labute approximate surface area is 199 Å². The largest absolute Gasteiger partial charge is 0.497 e. The monoisotopic (exact) mass is 530 g/mol. The molecular formula is C23H39IN4O2. The average Bonchev–Trinajstić information content (AvgIpc) is 3.21. The van der Waals surface area contributed by atoms with Crippen molar-refractivity contribution in [2.45, 2.75) is 39.2 Å². The van der Waals surface area contributed by atoms with Crippen molar-refractivity contribution in [1.82, 2.24) is 15.1 Å². The smallest absolute Gasteiger partial charge is 0.194 e. The molecule has 2 saturated heterocycles. The lowest BCUT2D eigenvalue weighted by atomic mass is 9.98. The summed E-state index contributed by atoms with van der Waals surface area (Å²) >= 11 is 0. The first-order valence-electron chi connectivity index (χ1n) is 11.1. The first-order chi connectivity index (χ1) is 14.1. The molecule has 7 heteroatoms. The van der Waals surface area contributed by atoms with Crippen molar-refractivity contribution in [2.75, 3.05) is 59.5 Å². The predicted molar refractivity (Wildman–Crippen MR) is 134 cm³/mol. The van der Waals surface area contributed by atoms with Crippen LogP contribution in [-0.2, 0) is 4.74 Å². The van der Waals surface area contributed by atoms with E-state index in [1.165, 1.54) is 5.56 Å². The quantitative estimate of drug-likeness (QED) is 0.333. The van der Waals surface area contributed by atoms with Crippen LogP contribution in [0.5, 0.6) is 5.75 Å². The molecular weight excluding hydrogens is 491 g/mol. The van der Waals surface area contributed by atoms with Gasteiger partial charge in [-0.25, -0.2) is 0 Å². The van der Waals surface area contributed by atoms with Crippen LogP contribution in [0.25, 0.3) is 0 Å². The van der Waals surface area contributed by atoms with E-state index >= 15 is 0 Å². The van der Waals surface area contributed by atoms with E-state index in [1.54, 1.807) is 7.11 Å². The van der Waals surface area contributed by atoms with Gasteiger partial charge in [0.25, 0.3) is 0 Å². The Morgan fingerprint density at radius 2 is 2.00 bits per heavy atom. The van der Waals surface area contributed by atoms with Crippen molar-refractivity contribution in [2.24, 2.45) is 10.9 Å². The number of aliphatic imine (C=N–C) groups is 1. The number of ether oxygens (including phenoxy) is 2. The molecule has 0 aromatic heterocycles. The lowest BCUT2D eigenvalue weighted by Gasteiger charge is -2.33. The highest BCUT2D eigenvalue weighted by atomic mass is 127. The minimum absolute atomic E-state index is 0. The van der Waals surface area contributed by atoms with Crippen LogP contribution in [-0.4, -0.2) is 81.4 Å². The summed E-state index contributed by atoms with van der Waals surface area (Å²) in [4.78, 5) is 9.85. The molecule has 3 rings (SSSR count). The Morgan fingerprint density at radius 1 is 1.23 bits per heavy atom. The zero-order valence-corrected chi connectivity index (χ0v) is 21.3. The van der Waals surface area contributed by atoms with E-state index in [4.69, 9.17) is 14.5 Å². The van der Waals surface area contributed by atoms with Crippen LogP contribution in [0.1, 0.15) is 38.7 Å². The van der Waals surface area contributed by atoms with Crippen LogP contribution in [0.15, 0.2) is 29.3 Å². The number of rotatable bonds is 7. The predicted octanol–water partition coefficient (Wildman–Crippen LogP) is 3.42. The lowest BCUT2D eigenvalue weighted by Crippen LogP contribution is -2.46. The van der Waals surface area contributed by atoms with Crippen LogP contribution in [0, 0.1) is 5.92 Å². The molecule has 170 valence electrons. The van der Waals surface area contributed by atoms with Gasteiger partial charge in [-0.1, -0.05) is 26.0 Å². The van der Waals surface area contributed by atoms with Crippen LogP contribution in [0.4, 0.5) is 0 Å². The van der Waals surface area contributed by atoms with Gasteiger partial charge in [-0.3, -0.25) is 9.89 Å². The van der Waals surface area contributed by atoms with Gasteiger partial charge >= 0.3 is 0 Å². The number of nitrogens with one attached hydrogen (secondary N) is 1. The Bertz CT molecular complexity index is 653. The first kappa shape index (κ1) is 25.2. The van der Waals surface area contributed by atoms with Crippen LogP contribution in [0.3, 0.4) is 0 Å². The van der Waals surface area contributed by atoms with Gasteiger partial charge in [-0.15, -0.1) is 24.0 Å². The maximum Gasteiger partial charge on any atom is 0.194 e. The minimum atomic E-state index is 0. The Hall–Kier alpha value is -1.06. The van der Waals surface area contributed by atoms with Crippen molar-refractivity contribution >= 4 is 29.9 Å². The molecule has 2 atom stereocenters. The minimum Gasteiger partial charge on any atom is -0.497 e. The third kappa shape index (κ3) is 7.27. The molecule has 0 bridgehead atoms. The molecule has 6 nitrogen and oxygen atoms in total. The Morgan fingerprint density at radius 3 is 2.67 bits per heavy atom. The number of methoxy groups -OCH3 is 1. The maximum absolute atomic E-state index is 5.99. The molecule has 2 heterocycles. The number of guanidine groups is 1. The first-order valence-corrected chi connectivity index (χ1v) is 11.1. The number of halogens is 1. The van der Waals surface area contributed by atoms with Crippen molar-refractivity contribution in [3.05, 3.63) is 29.8 Å². The molecule has 2 fully saturated rings. The van der Waals surface area contributed by atoms with Gasteiger partial charge in [-0.2, -0.15) is 0 Å². The van der Waals surface area contributed by atoms with Crippen molar-refractivity contribution in [3.63, 3.8) is 0 Å². The fourth-order valence-corrected chi connectivity index (χ4v) is 4.29. The zero-order valence-electron chi connectivity index (χ0n) is 19.0. The molecule has 0 spiro atoms. The highest BCUT2D eigenvalue weighted by Gasteiger charge is 2.27. The van der Waals surface area contributed by atoms with Gasteiger partial charge in [0.1, 0.15) is 5.75 Å². The van der Waals surface area contributed by atoms with E-state index < -0.39 is 0 Å². The number of morpholine rings is 1. The highest BCUT2D eigenvalue weighted by molar-refractivity contribution is 14.0. The molecule has 2 unspecified atom stereocenters. The van der Waals surface area contributed by atoms with E-state index in [0.29, 0.717) is 11.8 Å². The van der Waals surface area contributed by atoms with Gasteiger partial charge in [0.15, 0.2) is 5.96 Å². The number of nitrogens with zero attached hydrogens (tertiary/aromatic N) is 3. The Balaban J connectivity index is 0.00000320. The molecule has 1 aromatic rings. The summed E-state index contributed by atoms with van der Waals surface area (Å²) in [6.45, 7) is 14.3. The Kier molecular flexibility index (Phi) is 10.7. The summed E-state index contributed by atoms with van der Waals surface area (Å²) in [6.07, 6.45) is 1.34. The van der Waals surface area contributed by atoms with Crippen molar-refractivity contribution in [1.29, 1.82) is 0 Å². The molecule has 1 N–H and O–H groups in total. The van der Waals surface area contributed by atoms with Gasteiger partial charge in [0.05, 0.1) is 26.4 Å². The second-order valence-electron chi connectivity index (χ2n) is 8.55. The molecule has 30 heavy (non-hydrogen) atoms. The van der Waals surface area contributed by atoms with E-state index in [-0.39, 0.29) is 30.1 Å². The number of hydrogen-bond donors (Lipinski definition) is 1. The fraction of sp³-hybridized carbons (Fsp3) is 0.696. The van der Waals surface area contributed by atoms with E-state index in [1.807, 2.05) is 0 Å². The molecule has 2 aliphatic rings. The van der Waals surface area contributed by atoms with Gasteiger partial charge in [0.2, 0.25) is 0 Å². The summed E-state index contributed by atoms with van der Waals surface area (Å²) in [6, 6.07) is 8.49. The third-order valence-corrected chi connectivity index (χ3v) is 5.70. The summed E-state index contributed by atoms with van der Waals surface area (Å²) < 4.78 is 11.3. The second-order valence-corrected chi connectivity index (χ2v) is 8.55. The number of likely N-dealkylation sites (tertiary alicyclic amines) is 1. The SMILES string of the molecule is CCNC(=NCC1CN(CC(C)C)CCO1)N1CCC(c2ccc(OC)cc2)C1.I. The maximum atomic E-state index is 5.99. The molecule has 2 aliphatic heterocycles. The van der Waals surface area contributed by atoms with Crippen LogP contribution in [0.2, 0.25) is 0 Å². The summed E-state index contributed by atoms with van der Waals surface area (Å²) in [5.41, 5.74) is 1.38. The van der Waals surface area contributed by atoms with E-state index in [9.17, 15) is 0 Å². The van der Waals surface area contributed by atoms with Crippen molar-refractivity contribution in [3.8, 4) is 5.75 Å². The summed E-state index contributed by atoms with van der Waals surface area (Å²) in [5.74, 6) is 3.16. The van der Waals surface area contributed by atoms with Crippen LogP contribution >= 0.6 is 24.0 Å². The number of benzene rings is 1. The third-order valence-electron chi connectivity index (χ3n) is 5.70. The topological polar surface area (TPSA) is 49.3 Å². The summed E-state index contributed by atoms with van der Waals surface area (Å²) in [7, 11) is 1.71. The van der Waals surface area contributed by atoms with E-state index in [2.05, 4.69) is 60.2 Å². The second kappa shape index (κ2) is 12.7. The van der Waals surface area contributed by atoms with Crippen LogP contribution < -0.4 is 10.1 Å². The molecule has 0 aliphatic carbocycles. The highest BCUT2D eigenvalue weighted by Crippen LogP contribution is 2.28. The molecule has 0 radical (unpaired) electrons. The standard InChI is InChI=1S/C23H38N4O2.HI/c1-5-24-23(25-14-22-17-26(12-13-29-22)15-18(2)3)27-11-10-20(16-27)19-6-8-21(28-4)9-7-19;/h6-9,18,20,22H,5,10-17H2,1-4H3,(H,24,25);1H. The molecule has 1 aromatic carbocycles. The average molecular weight is 530 g/mol. The lowest BCUT2D eigenvalue weighted by molar-refractivity contribution is -0.0262. The van der Waals surface area contributed by atoms with Crippen molar-refractivity contribution < 1.29 is 9.47 Å². The van der Waals surface area contributed by atoms with Gasteiger partial charge < -0.3 is 19.7 Å². The summed E-state index contributed by atoms with van der Waals surface area (Å²) in [5, 5.41) is 3.48. The number of hydrogen-bond acceptors (Lipinski definition) is 4. The van der Waals surface area contributed by atoms with Gasteiger partial charge in [-0.05, 0) is 37.0 Å². The molecule has 0 saturated carbocycles. The normalized spacial score (nSPS) is 22.8. The van der Waals surface area contributed by atoms with E-state index in [0.717, 1.165) is 70.6 Å².